The van der Waals surface area contributed by atoms with Gasteiger partial charge in [0, 0.05) is 31.5 Å². The molecule has 2 saturated heterocycles. The van der Waals surface area contributed by atoms with E-state index in [0.29, 0.717) is 5.69 Å². The third-order valence-electron chi connectivity index (χ3n) is 5.98. The Balaban J connectivity index is 1.50. The summed E-state index contributed by atoms with van der Waals surface area (Å²) < 4.78 is 5.38. The van der Waals surface area contributed by atoms with E-state index in [-0.39, 0.29) is 31.6 Å². The van der Waals surface area contributed by atoms with E-state index in [4.69, 9.17) is 4.74 Å². The molecule has 35 heavy (non-hydrogen) atoms. The summed E-state index contributed by atoms with van der Waals surface area (Å²) in [5.41, 5.74) is -2.18. The number of nitrogens with zero attached hydrogens (tertiary/aromatic N) is 1. The van der Waals surface area contributed by atoms with Gasteiger partial charge in [0.25, 0.3) is 11.6 Å². The molecule has 3 rings (SSSR count). The molecule has 4 atom stereocenters. The van der Waals surface area contributed by atoms with Crippen LogP contribution in [0.5, 0.6) is 0 Å². The lowest BCUT2D eigenvalue weighted by Crippen LogP contribution is -2.82. The minimum atomic E-state index is -1.60. The number of methoxy groups -OCH3 is 1. The van der Waals surface area contributed by atoms with Crippen molar-refractivity contribution in [3.05, 3.63) is 30.3 Å². The van der Waals surface area contributed by atoms with E-state index in [1.54, 1.807) is 37.3 Å². The first-order valence-corrected chi connectivity index (χ1v) is 11.9. The monoisotopic (exact) mass is 508 g/mol. The van der Waals surface area contributed by atoms with Crippen LogP contribution in [0.3, 0.4) is 0 Å². The van der Waals surface area contributed by atoms with Crippen LogP contribution in [0.4, 0.5) is 10.5 Å². The quantitative estimate of drug-likeness (QED) is 0.227. The molecular weight excluding hydrogens is 480 g/mol. The van der Waals surface area contributed by atoms with E-state index in [0.717, 1.165) is 0 Å². The maximum atomic E-state index is 12.8. The number of β-lactam (4-membered cyclic amide) rings is 1. The van der Waals surface area contributed by atoms with Crippen molar-refractivity contribution in [1.82, 2.24) is 15.5 Å². The van der Waals surface area contributed by atoms with Crippen LogP contribution in [0.2, 0.25) is 0 Å². The number of thioether (sulfide) groups is 1. The zero-order valence-electron chi connectivity index (χ0n) is 19.3. The highest BCUT2D eigenvalue weighted by molar-refractivity contribution is 8.00. The number of benzene rings is 1. The number of anilines is 1. The van der Waals surface area contributed by atoms with Crippen molar-refractivity contribution in [3.63, 3.8) is 0 Å². The van der Waals surface area contributed by atoms with Gasteiger partial charge in [-0.05, 0) is 31.9 Å². The lowest BCUT2D eigenvalue weighted by molar-refractivity contribution is -0.200. The Hall–Kier alpha value is -3.32. The molecule has 2 aliphatic heterocycles. The van der Waals surface area contributed by atoms with Crippen molar-refractivity contribution in [3.8, 4) is 0 Å². The molecule has 1 aromatic rings. The first-order valence-electron chi connectivity index (χ1n) is 10.9. The van der Waals surface area contributed by atoms with Crippen LogP contribution >= 0.6 is 11.8 Å². The van der Waals surface area contributed by atoms with Gasteiger partial charge in [0.2, 0.25) is 5.91 Å². The number of amides is 4. The summed E-state index contributed by atoms with van der Waals surface area (Å²) in [6.07, 6.45) is 0.00948. The molecule has 3 unspecified atom stereocenters. The summed E-state index contributed by atoms with van der Waals surface area (Å²) in [6.45, 7) is 1.57. The predicted molar refractivity (Wildman–Crippen MR) is 125 cm³/mol. The van der Waals surface area contributed by atoms with Gasteiger partial charge in [-0.3, -0.25) is 14.4 Å². The Morgan fingerprint density at radius 3 is 2.51 bits per heavy atom. The number of fused-ring (bicyclic) bond motifs is 1. The van der Waals surface area contributed by atoms with Crippen molar-refractivity contribution >= 4 is 47.2 Å². The maximum absolute atomic E-state index is 12.8. The Morgan fingerprint density at radius 1 is 1.23 bits per heavy atom. The highest BCUT2D eigenvalue weighted by atomic mass is 32.2. The second-order valence-electron chi connectivity index (χ2n) is 8.70. The average Bonchev–Trinajstić information content (AvgIpc) is 2.82. The minimum Gasteiger partial charge on any atom is -0.481 e. The summed E-state index contributed by atoms with van der Waals surface area (Å²) in [5.74, 6) is -3.05. The van der Waals surface area contributed by atoms with E-state index < -0.39 is 52.3 Å². The van der Waals surface area contributed by atoms with E-state index in [1.807, 2.05) is 0 Å². The fourth-order valence-electron chi connectivity index (χ4n) is 3.95. The van der Waals surface area contributed by atoms with Crippen molar-refractivity contribution in [1.29, 1.82) is 0 Å². The zero-order chi connectivity index (χ0) is 25.8. The molecule has 2 fully saturated rings. The van der Waals surface area contributed by atoms with E-state index in [9.17, 15) is 34.2 Å². The fourth-order valence-corrected chi connectivity index (χ4v) is 5.53. The van der Waals surface area contributed by atoms with E-state index in [2.05, 4.69) is 16.0 Å². The highest BCUT2D eigenvalue weighted by Gasteiger charge is 2.66. The lowest BCUT2D eigenvalue weighted by Gasteiger charge is -2.58. The molecule has 0 aromatic heterocycles. The second-order valence-corrected chi connectivity index (χ2v) is 9.77. The molecule has 0 saturated carbocycles. The van der Waals surface area contributed by atoms with Crippen LogP contribution in [0.25, 0.3) is 0 Å². The van der Waals surface area contributed by atoms with Gasteiger partial charge in [0.1, 0.15) is 11.4 Å². The van der Waals surface area contributed by atoms with Crippen LogP contribution < -0.4 is 16.0 Å². The number of urea groups is 1. The van der Waals surface area contributed by atoms with Gasteiger partial charge in [0.05, 0.1) is 5.41 Å². The number of hydrogen-bond acceptors (Lipinski definition) is 7. The summed E-state index contributed by atoms with van der Waals surface area (Å²) in [6, 6.07) is 6.62. The second kappa shape index (κ2) is 10.5. The summed E-state index contributed by atoms with van der Waals surface area (Å²) in [4.78, 5) is 61.9. The van der Waals surface area contributed by atoms with Gasteiger partial charge >= 0.3 is 18.0 Å². The van der Waals surface area contributed by atoms with Crippen molar-refractivity contribution in [2.24, 2.45) is 5.41 Å². The first-order chi connectivity index (χ1) is 16.5. The van der Waals surface area contributed by atoms with Crippen molar-refractivity contribution in [2.45, 2.75) is 43.3 Å². The minimum absolute atomic E-state index is 0.0107. The molecular formula is C22H28N4O8S. The molecule has 1 aromatic carbocycles. The first kappa shape index (κ1) is 26.3. The number of hydrogen-bond donors (Lipinski definition) is 5. The summed E-state index contributed by atoms with van der Waals surface area (Å²) in [5, 5.41) is 25.8. The predicted octanol–water partition coefficient (Wildman–Crippen LogP) is 0.897. The van der Waals surface area contributed by atoms with Gasteiger partial charge in [-0.15, -0.1) is 11.8 Å². The molecule has 0 spiro atoms. The molecule has 0 aliphatic carbocycles. The number of carbonyl (C=O) groups excluding carboxylic acids is 3. The molecule has 12 nitrogen and oxygen atoms in total. The molecule has 13 heteroatoms. The molecule has 2 heterocycles. The Bertz CT molecular complexity index is 1010. The third kappa shape index (κ3) is 5.51. The average molecular weight is 509 g/mol. The van der Waals surface area contributed by atoms with E-state index >= 15 is 0 Å². The number of nitrogens with one attached hydrogen (secondary N) is 3. The topological polar surface area (TPSA) is 174 Å². The highest BCUT2D eigenvalue weighted by Crippen LogP contribution is 2.47. The smallest absolute Gasteiger partial charge is 0.326 e. The number of carboxylic acids is 2. The molecule has 4 amide bonds. The number of carbonyl (C=O) groups is 5. The third-order valence-corrected chi connectivity index (χ3v) is 7.69. The molecule has 5 N–H and O–H groups in total. The van der Waals surface area contributed by atoms with Crippen molar-refractivity contribution in [2.75, 3.05) is 24.7 Å². The Labute approximate surface area is 205 Å². The molecule has 190 valence electrons. The van der Waals surface area contributed by atoms with Crippen LogP contribution in [-0.2, 0) is 23.9 Å². The molecule has 0 radical (unpaired) electrons. The summed E-state index contributed by atoms with van der Waals surface area (Å²) >= 11 is 1.22. The lowest BCUT2D eigenvalue weighted by atomic mass is 9.88. The number of para-hydroxylation sites is 1. The van der Waals surface area contributed by atoms with Crippen LogP contribution in [0, 0.1) is 5.41 Å². The van der Waals surface area contributed by atoms with Gasteiger partial charge in [-0.2, -0.15) is 0 Å². The van der Waals surface area contributed by atoms with Crippen molar-refractivity contribution < 1.29 is 38.9 Å². The van der Waals surface area contributed by atoms with Gasteiger partial charge in [-0.25, -0.2) is 9.59 Å². The fraction of sp³-hybridized carbons (Fsp3) is 0.500. The standard InChI is InChI=1S/C22H28N4O8S/c1-21(19(31)32)11-26-17(30)22(34-2,18(26)35-12-21)25-15(27)10-6-9-14(16(28)29)24-20(33)23-13-7-4-3-5-8-13/h3-5,7-8,14,18H,6,9-12H2,1-2H3,(H,25,27)(H,28,29)(H,31,32)(H2,23,24,33)/t14?,18-,21?,22?/m1/s1. The van der Waals surface area contributed by atoms with Gasteiger partial charge < -0.3 is 35.8 Å². The zero-order valence-corrected chi connectivity index (χ0v) is 20.1. The number of carboxylic acid groups (broad SMARTS) is 2. The number of aliphatic carboxylic acids is 2. The maximum Gasteiger partial charge on any atom is 0.326 e. The SMILES string of the molecule is COC1(NC(=O)CCCC(NC(=O)Nc2ccccc2)C(=O)O)C(=O)N2CC(C)(C(=O)O)CS[C@@H]21. The number of rotatable bonds is 10. The molecule has 2 aliphatic rings. The molecule has 0 bridgehead atoms. The Morgan fingerprint density at radius 2 is 1.91 bits per heavy atom. The van der Waals surface area contributed by atoms with Crippen LogP contribution in [-0.4, -0.2) is 81.4 Å². The van der Waals surface area contributed by atoms with Crippen LogP contribution in [0.1, 0.15) is 26.2 Å². The largest absolute Gasteiger partial charge is 0.481 e. The normalized spacial score (nSPS) is 26.1. The number of ether oxygens (including phenoxy) is 1. The van der Waals surface area contributed by atoms with Gasteiger partial charge in [-0.1, -0.05) is 18.2 Å². The summed E-state index contributed by atoms with van der Waals surface area (Å²) in [7, 11) is 1.29. The Kier molecular flexibility index (Phi) is 7.90. The van der Waals surface area contributed by atoms with E-state index in [1.165, 1.54) is 23.8 Å². The van der Waals surface area contributed by atoms with Gasteiger partial charge in [0.15, 0.2) is 0 Å². The van der Waals surface area contributed by atoms with Crippen LogP contribution in [0.15, 0.2) is 30.3 Å².